The lowest BCUT2D eigenvalue weighted by Gasteiger charge is -2.02. The van der Waals surface area contributed by atoms with Gasteiger partial charge in [0.05, 0.1) is 38.7 Å². The Morgan fingerprint density at radius 2 is 2.33 bits per heavy atom. The van der Waals surface area contributed by atoms with Crippen molar-refractivity contribution < 1.29 is 14.9 Å². The molecule has 0 saturated heterocycles. The summed E-state index contributed by atoms with van der Waals surface area (Å²) in [7, 11) is 0. The third-order valence-electron chi connectivity index (χ3n) is 1.98. The molecular weight excluding hydrogens is 198 g/mol. The van der Waals surface area contributed by atoms with Crippen LogP contribution in [0, 0.1) is 0 Å². The number of aromatic nitrogens is 3. The van der Waals surface area contributed by atoms with Crippen LogP contribution in [-0.2, 0) is 11.3 Å². The Balaban J connectivity index is 2.33. The molecule has 15 heavy (non-hydrogen) atoms. The molecule has 0 spiro atoms. The highest BCUT2D eigenvalue weighted by atomic mass is 16.5. The number of hydrogen-bond donors (Lipinski definition) is 2. The molecule has 6 nitrogen and oxygen atoms in total. The molecule has 1 aromatic heterocycles. The van der Waals surface area contributed by atoms with Crippen molar-refractivity contribution in [3.8, 4) is 0 Å². The quantitative estimate of drug-likeness (QED) is 0.612. The normalized spacial score (nSPS) is 13.0. The van der Waals surface area contributed by atoms with Crippen molar-refractivity contribution >= 4 is 0 Å². The molecule has 0 aliphatic rings. The highest BCUT2D eigenvalue weighted by Crippen LogP contribution is 2.11. The van der Waals surface area contributed by atoms with Crippen molar-refractivity contribution in [2.75, 3.05) is 19.8 Å². The van der Waals surface area contributed by atoms with Crippen LogP contribution in [0.25, 0.3) is 0 Å². The smallest absolute Gasteiger partial charge is 0.111 e. The Bertz CT molecular complexity index is 277. The Morgan fingerprint density at radius 3 is 3.00 bits per heavy atom. The van der Waals surface area contributed by atoms with E-state index in [1.165, 1.54) is 0 Å². The largest absolute Gasteiger partial charge is 0.394 e. The molecule has 0 saturated carbocycles. The molecule has 0 amide bonds. The van der Waals surface area contributed by atoms with Crippen molar-refractivity contribution in [2.24, 2.45) is 0 Å². The van der Waals surface area contributed by atoms with Crippen LogP contribution in [0.15, 0.2) is 6.20 Å². The predicted octanol–water partition coefficient (Wildman–Crippen LogP) is -0.270. The zero-order valence-corrected chi connectivity index (χ0v) is 8.83. The fourth-order valence-corrected chi connectivity index (χ4v) is 1.11. The van der Waals surface area contributed by atoms with E-state index in [1.54, 1.807) is 10.9 Å². The maximum absolute atomic E-state index is 9.47. The lowest BCUT2D eigenvalue weighted by atomic mass is 10.2. The van der Waals surface area contributed by atoms with E-state index >= 15 is 0 Å². The third kappa shape index (κ3) is 3.94. The van der Waals surface area contributed by atoms with E-state index in [-0.39, 0.29) is 6.61 Å². The zero-order valence-electron chi connectivity index (χ0n) is 8.83. The van der Waals surface area contributed by atoms with Gasteiger partial charge in [0, 0.05) is 0 Å². The molecule has 0 radical (unpaired) electrons. The second-order valence-electron chi connectivity index (χ2n) is 3.17. The monoisotopic (exact) mass is 215 g/mol. The topological polar surface area (TPSA) is 80.4 Å². The molecule has 0 aromatic carbocycles. The van der Waals surface area contributed by atoms with Crippen molar-refractivity contribution in [3.63, 3.8) is 0 Å². The number of ether oxygens (including phenoxy) is 1. The molecule has 0 fully saturated rings. The van der Waals surface area contributed by atoms with Gasteiger partial charge in [-0.25, -0.2) is 4.68 Å². The SMILES string of the molecule is CCC(O)c1cn(CCOCCO)nn1. The summed E-state index contributed by atoms with van der Waals surface area (Å²) in [5.74, 6) is 0. The minimum Gasteiger partial charge on any atom is -0.394 e. The number of hydrogen-bond acceptors (Lipinski definition) is 5. The molecule has 6 heteroatoms. The minimum atomic E-state index is -0.544. The molecular formula is C9H17N3O3. The lowest BCUT2D eigenvalue weighted by Crippen LogP contribution is -2.08. The second kappa shape index (κ2) is 6.49. The van der Waals surface area contributed by atoms with E-state index in [4.69, 9.17) is 9.84 Å². The van der Waals surface area contributed by atoms with Gasteiger partial charge in [-0.3, -0.25) is 0 Å². The second-order valence-corrected chi connectivity index (χ2v) is 3.17. The van der Waals surface area contributed by atoms with Crippen molar-refractivity contribution in [3.05, 3.63) is 11.9 Å². The molecule has 1 aromatic rings. The minimum absolute atomic E-state index is 0.0250. The number of nitrogens with zero attached hydrogens (tertiary/aromatic N) is 3. The van der Waals surface area contributed by atoms with E-state index in [0.717, 1.165) is 0 Å². The first-order valence-corrected chi connectivity index (χ1v) is 5.04. The predicted molar refractivity (Wildman–Crippen MR) is 53.2 cm³/mol. The molecule has 0 aliphatic heterocycles. The van der Waals surface area contributed by atoms with Gasteiger partial charge in [-0.05, 0) is 6.42 Å². The van der Waals surface area contributed by atoms with E-state index in [9.17, 15) is 5.11 Å². The lowest BCUT2D eigenvalue weighted by molar-refractivity contribution is 0.0851. The van der Waals surface area contributed by atoms with E-state index in [0.29, 0.717) is 31.9 Å². The number of rotatable bonds is 7. The van der Waals surface area contributed by atoms with Gasteiger partial charge in [0.1, 0.15) is 5.69 Å². The molecule has 86 valence electrons. The summed E-state index contributed by atoms with van der Waals surface area (Å²) < 4.78 is 6.70. The number of aliphatic hydroxyl groups excluding tert-OH is 2. The fraction of sp³-hybridized carbons (Fsp3) is 0.778. The first-order valence-electron chi connectivity index (χ1n) is 5.04. The average molecular weight is 215 g/mol. The summed E-state index contributed by atoms with van der Waals surface area (Å²) in [5.41, 5.74) is 0.583. The average Bonchev–Trinajstić information content (AvgIpc) is 2.72. The zero-order chi connectivity index (χ0) is 11.1. The van der Waals surface area contributed by atoms with Crippen LogP contribution < -0.4 is 0 Å². The third-order valence-corrected chi connectivity index (χ3v) is 1.98. The van der Waals surface area contributed by atoms with Gasteiger partial charge in [0.2, 0.25) is 0 Å². The Kier molecular flexibility index (Phi) is 5.23. The van der Waals surface area contributed by atoms with Crippen LogP contribution in [-0.4, -0.2) is 45.0 Å². The molecule has 0 aliphatic carbocycles. The van der Waals surface area contributed by atoms with Crippen LogP contribution in [0.5, 0.6) is 0 Å². The van der Waals surface area contributed by atoms with Gasteiger partial charge < -0.3 is 14.9 Å². The molecule has 1 unspecified atom stereocenters. The van der Waals surface area contributed by atoms with Crippen LogP contribution in [0.4, 0.5) is 0 Å². The van der Waals surface area contributed by atoms with E-state index < -0.39 is 6.10 Å². The Morgan fingerprint density at radius 1 is 1.53 bits per heavy atom. The van der Waals surface area contributed by atoms with Gasteiger partial charge >= 0.3 is 0 Å². The van der Waals surface area contributed by atoms with Crippen LogP contribution in [0.3, 0.4) is 0 Å². The maximum Gasteiger partial charge on any atom is 0.111 e. The van der Waals surface area contributed by atoms with Crippen LogP contribution in [0.2, 0.25) is 0 Å². The summed E-state index contributed by atoms with van der Waals surface area (Å²) in [4.78, 5) is 0. The highest BCUT2D eigenvalue weighted by Gasteiger charge is 2.08. The standard InChI is InChI=1S/C9H17N3O3/c1-2-9(14)8-7-12(11-10-8)3-5-15-6-4-13/h7,9,13-14H,2-6H2,1H3. The van der Waals surface area contributed by atoms with E-state index in [2.05, 4.69) is 10.3 Å². The summed E-state index contributed by atoms with van der Waals surface area (Å²) in [6.07, 6.45) is 1.79. The molecule has 1 heterocycles. The first-order chi connectivity index (χ1) is 7.27. The summed E-state index contributed by atoms with van der Waals surface area (Å²) >= 11 is 0. The van der Waals surface area contributed by atoms with Crippen molar-refractivity contribution in [1.29, 1.82) is 0 Å². The molecule has 2 N–H and O–H groups in total. The van der Waals surface area contributed by atoms with Gasteiger partial charge in [-0.2, -0.15) is 0 Å². The number of aliphatic hydroxyl groups is 2. The highest BCUT2D eigenvalue weighted by molar-refractivity contribution is 4.96. The fourth-order valence-electron chi connectivity index (χ4n) is 1.11. The van der Waals surface area contributed by atoms with Crippen molar-refractivity contribution in [1.82, 2.24) is 15.0 Å². The van der Waals surface area contributed by atoms with E-state index in [1.807, 2.05) is 6.92 Å². The van der Waals surface area contributed by atoms with Crippen molar-refractivity contribution in [2.45, 2.75) is 26.0 Å². The van der Waals surface area contributed by atoms with Crippen LogP contribution in [0.1, 0.15) is 25.1 Å². The maximum atomic E-state index is 9.47. The Hall–Kier alpha value is -0.980. The Labute approximate surface area is 88.5 Å². The van der Waals surface area contributed by atoms with Gasteiger partial charge in [-0.1, -0.05) is 12.1 Å². The van der Waals surface area contributed by atoms with Gasteiger partial charge in [-0.15, -0.1) is 5.10 Å². The molecule has 1 atom stereocenters. The van der Waals surface area contributed by atoms with Crippen LogP contribution >= 0.6 is 0 Å². The van der Waals surface area contributed by atoms with Gasteiger partial charge in [0.25, 0.3) is 0 Å². The molecule has 1 rings (SSSR count). The summed E-state index contributed by atoms with van der Waals surface area (Å²) in [6.45, 7) is 3.29. The molecule has 0 bridgehead atoms. The summed E-state index contributed by atoms with van der Waals surface area (Å²) in [5, 5.41) is 25.6. The summed E-state index contributed by atoms with van der Waals surface area (Å²) in [6, 6.07) is 0. The first kappa shape index (κ1) is 12.1. The van der Waals surface area contributed by atoms with Gasteiger partial charge in [0.15, 0.2) is 0 Å².